The van der Waals surface area contributed by atoms with E-state index in [4.69, 9.17) is 4.74 Å². The van der Waals surface area contributed by atoms with Crippen molar-refractivity contribution in [1.29, 1.82) is 0 Å². The Morgan fingerprint density at radius 2 is 2.14 bits per heavy atom. The lowest BCUT2D eigenvalue weighted by atomic mass is 10.1. The summed E-state index contributed by atoms with van der Waals surface area (Å²) in [5.41, 5.74) is 2.70. The second-order valence-electron chi connectivity index (χ2n) is 5.21. The fourth-order valence-electron chi connectivity index (χ4n) is 2.42. The molecule has 21 heavy (non-hydrogen) atoms. The molecule has 2 aromatic rings. The average molecular weight is 285 g/mol. The van der Waals surface area contributed by atoms with Crippen LogP contribution in [-0.4, -0.2) is 35.9 Å². The Morgan fingerprint density at radius 3 is 2.81 bits per heavy atom. The summed E-state index contributed by atoms with van der Waals surface area (Å²) in [5, 5.41) is 7.29. The Kier molecular flexibility index (Phi) is 4.01. The summed E-state index contributed by atoms with van der Waals surface area (Å²) in [6.45, 7) is 1.02. The van der Waals surface area contributed by atoms with E-state index in [1.54, 1.807) is 13.3 Å². The SMILES string of the molecule is COCCNC(=O)c1cnn(-c2ccccc2)c1C1CC1. The minimum absolute atomic E-state index is 0.0730. The number of nitrogens with zero attached hydrogens (tertiary/aromatic N) is 2. The molecule has 1 fully saturated rings. The third-order valence-electron chi connectivity index (χ3n) is 3.61. The molecular weight excluding hydrogens is 266 g/mol. The van der Waals surface area contributed by atoms with E-state index in [1.807, 2.05) is 35.0 Å². The van der Waals surface area contributed by atoms with Gasteiger partial charge in [-0.05, 0) is 25.0 Å². The summed E-state index contributed by atoms with van der Waals surface area (Å²) in [7, 11) is 1.62. The summed E-state index contributed by atoms with van der Waals surface area (Å²) >= 11 is 0. The quantitative estimate of drug-likeness (QED) is 0.827. The van der Waals surface area contributed by atoms with Crippen LogP contribution in [-0.2, 0) is 4.74 Å². The zero-order chi connectivity index (χ0) is 14.7. The zero-order valence-electron chi connectivity index (χ0n) is 12.1. The smallest absolute Gasteiger partial charge is 0.254 e. The van der Waals surface area contributed by atoms with Gasteiger partial charge in [0.15, 0.2) is 0 Å². The number of amides is 1. The van der Waals surface area contributed by atoms with Crippen LogP contribution in [0.1, 0.15) is 34.8 Å². The highest BCUT2D eigenvalue weighted by molar-refractivity contribution is 5.95. The third kappa shape index (κ3) is 2.97. The summed E-state index contributed by atoms with van der Waals surface area (Å²) in [6.07, 6.45) is 3.91. The van der Waals surface area contributed by atoms with Gasteiger partial charge in [-0.3, -0.25) is 4.79 Å². The summed E-state index contributed by atoms with van der Waals surface area (Å²) in [4.78, 5) is 12.3. The first-order valence-electron chi connectivity index (χ1n) is 7.21. The normalized spacial score (nSPS) is 14.1. The van der Waals surface area contributed by atoms with Gasteiger partial charge in [-0.15, -0.1) is 0 Å². The molecule has 1 saturated carbocycles. The van der Waals surface area contributed by atoms with E-state index in [9.17, 15) is 4.79 Å². The standard InChI is InChI=1S/C16H19N3O2/c1-21-10-9-17-16(20)14-11-18-19(15(14)12-7-8-12)13-5-3-2-4-6-13/h2-6,11-12H,7-10H2,1H3,(H,17,20). The molecule has 1 heterocycles. The molecule has 0 aliphatic heterocycles. The molecule has 110 valence electrons. The topological polar surface area (TPSA) is 56.1 Å². The van der Waals surface area contributed by atoms with Crippen LogP contribution < -0.4 is 5.32 Å². The van der Waals surface area contributed by atoms with Crippen LogP contribution in [0, 0.1) is 0 Å². The van der Waals surface area contributed by atoms with Gasteiger partial charge in [0.1, 0.15) is 0 Å². The first-order chi connectivity index (χ1) is 10.3. The zero-order valence-corrected chi connectivity index (χ0v) is 12.1. The molecule has 1 aliphatic carbocycles. The summed E-state index contributed by atoms with van der Waals surface area (Å²) in [5.74, 6) is 0.368. The predicted molar refractivity (Wildman–Crippen MR) is 79.7 cm³/mol. The average Bonchev–Trinajstić information content (AvgIpc) is 3.26. The molecule has 1 amide bonds. The van der Waals surface area contributed by atoms with Crippen molar-refractivity contribution < 1.29 is 9.53 Å². The van der Waals surface area contributed by atoms with Crippen LogP contribution in [0.4, 0.5) is 0 Å². The maximum absolute atomic E-state index is 12.3. The lowest BCUT2D eigenvalue weighted by Crippen LogP contribution is -2.27. The molecule has 0 saturated heterocycles. The minimum Gasteiger partial charge on any atom is -0.383 e. The maximum Gasteiger partial charge on any atom is 0.254 e. The van der Waals surface area contributed by atoms with E-state index in [1.165, 1.54) is 0 Å². The van der Waals surface area contributed by atoms with Crippen LogP contribution in [0.5, 0.6) is 0 Å². The Balaban J connectivity index is 1.88. The first kappa shape index (κ1) is 13.8. The Labute approximate surface area is 123 Å². The summed E-state index contributed by atoms with van der Waals surface area (Å²) in [6, 6.07) is 9.94. The number of carbonyl (C=O) groups is 1. The van der Waals surface area contributed by atoms with Crippen LogP contribution in [0.15, 0.2) is 36.5 Å². The highest BCUT2D eigenvalue weighted by atomic mass is 16.5. The van der Waals surface area contributed by atoms with E-state index in [2.05, 4.69) is 10.4 Å². The predicted octanol–water partition coefficient (Wildman–Crippen LogP) is 2.13. The number of ether oxygens (including phenoxy) is 1. The molecule has 0 spiro atoms. The molecule has 0 bridgehead atoms. The van der Waals surface area contributed by atoms with Crippen molar-refractivity contribution in [3.8, 4) is 5.69 Å². The van der Waals surface area contributed by atoms with E-state index >= 15 is 0 Å². The van der Waals surface area contributed by atoms with Gasteiger partial charge in [0.05, 0.1) is 29.7 Å². The van der Waals surface area contributed by atoms with Crippen molar-refractivity contribution >= 4 is 5.91 Å². The molecule has 1 aliphatic rings. The molecule has 5 nitrogen and oxygen atoms in total. The van der Waals surface area contributed by atoms with E-state index in [0.717, 1.165) is 24.2 Å². The lowest BCUT2D eigenvalue weighted by Gasteiger charge is -2.09. The Bertz CT molecular complexity index is 618. The number of rotatable bonds is 6. The molecule has 5 heteroatoms. The number of para-hydroxylation sites is 1. The number of carbonyl (C=O) groups excluding carboxylic acids is 1. The minimum atomic E-state index is -0.0730. The van der Waals surface area contributed by atoms with Gasteiger partial charge in [0, 0.05) is 19.6 Å². The fraction of sp³-hybridized carbons (Fsp3) is 0.375. The second kappa shape index (κ2) is 6.10. The van der Waals surface area contributed by atoms with Gasteiger partial charge in [-0.1, -0.05) is 18.2 Å². The van der Waals surface area contributed by atoms with Crippen LogP contribution in [0.3, 0.4) is 0 Å². The van der Waals surface area contributed by atoms with Crippen molar-refractivity contribution in [2.24, 2.45) is 0 Å². The molecule has 0 atom stereocenters. The Morgan fingerprint density at radius 1 is 1.38 bits per heavy atom. The van der Waals surface area contributed by atoms with Gasteiger partial charge in [0.2, 0.25) is 0 Å². The number of hydrogen-bond donors (Lipinski definition) is 1. The Hall–Kier alpha value is -2.14. The van der Waals surface area contributed by atoms with Crippen molar-refractivity contribution in [3.63, 3.8) is 0 Å². The molecule has 1 N–H and O–H groups in total. The number of aromatic nitrogens is 2. The first-order valence-corrected chi connectivity index (χ1v) is 7.21. The highest BCUT2D eigenvalue weighted by Gasteiger charge is 2.32. The van der Waals surface area contributed by atoms with Crippen molar-refractivity contribution in [3.05, 3.63) is 47.8 Å². The van der Waals surface area contributed by atoms with Gasteiger partial charge in [-0.2, -0.15) is 5.10 Å². The van der Waals surface area contributed by atoms with Crippen LogP contribution in [0.2, 0.25) is 0 Å². The molecular formula is C16H19N3O2. The number of benzene rings is 1. The lowest BCUT2D eigenvalue weighted by molar-refractivity contribution is 0.0936. The third-order valence-corrected chi connectivity index (χ3v) is 3.61. The van der Waals surface area contributed by atoms with E-state index in [0.29, 0.717) is 24.6 Å². The molecule has 0 radical (unpaired) electrons. The molecule has 1 aromatic heterocycles. The monoisotopic (exact) mass is 285 g/mol. The van der Waals surface area contributed by atoms with Crippen molar-refractivity contribution in [2.45, 2.75) is 18.8 Å². The maximum atomic E-state index is 12.3. The van der Waals surface area contributed by atoms with Crippen LogP contribution >= 0.6 is 0 Å². The fourth-order valence-corrected chi connectivity index (χ4v) is 2.42. The largest absolute Gasteiger partial charge is 0.383 e. The van der Waals surface area contributed by atoms with Gasteiger partial charge in [-0.25, -0.2) is 4.68 Å². The second-order valence-corrected chi connectivity index (χ2v) is 5.21. The molecule has 3 rings (SSSR count). The van der Waals surface area contributed by atoms with E-state index in [-0.39, 0.29) is 5.91 Å². The van der Waals surface area contributed by atoms with Crippen molar-refractivity contribution in [1.82, 2.24) is 15.1 Å². The van der Waals surface area contributed by atoms with Crippen molar-refractivity contribution in [2.75, 3.05) is 20.3 Å². The molecule has 1 aromatic carbocycles. The van der Waals surface area contributed by atoms with Gasteiger partial charge >= 0.3 is 0 Å². The summed E-state index contributed by atoms with van der Waals surface area (Å²) < 4.78 is 6.85. The highest BCUT2D eigenvalue weighted by Crippen LogP contribution is 2.42. The molecule has 0 unspecified atom stereocenters. The number of hydrogen-bond acceptors (Lipinski definition) is 3. The van der Waals surface area contributed by atoms with Gasteiger partial charge < -0.3 is 10.1 Å². The van der Waals surface area contributed by atoms with E-state index < -0.39 is 0 Å². The number of methoxy groups -OCH3 is 1. The van der Waals surface area contributed by atoms with Crippen LogP contribution in [0.25, 0.3) is 5.69 Å². The van der Waals surface area contributed by atoms with Gasteiger partial charge in [0.25, 0.3) is 5.91 Å². The number of nitrogens with one attached hydrogen (secondary N) is 1.